The summed E-state index contributed by atoms with van der Waals surface area (Å²) in [6.45, 7) is 3.48. The minimum Gasteiger partial charge on any atom is -0.338 e. The minimum absolute atomic E-state index is 0.0726. The maximum atomic E-state index is 13.4. The molecule has 0 aliphatic carbocycles. The number of aromatic nitrogens is 4. The maximum absolute atomic E-state index is 13.4. The van der Waals surface area contributed by atoms with E-state index in [0.29, 0.717) is 6.54 Å². The van der Waals surface area contributed by atoms with Crippen LogP contribution in [-0.2, 0) is 7.05 Å². The lowest BCUT2D eigenvalue weighted by atomic mass is 9.92. The number of likely N-dealkylation sites (tertiary alicyclic amines) is 1. The SMILES string of the molecule is Cc1cc(-c2cnn(C)c2)cc([C@@H]2CCCN(C(=O)c3cccc4ncccc34)C2)n1. The lowest BCUT2D eigenvalue weighted by molar-refractivity contribution is 0.0708. The Morgan fingerprint density at radius 2 is 2.03 bits per heavy atom. The number of hydrogen-bond acceptors (Lipinski definition) is 4. The molecular weight excluding hydrogens is 386 g/mol. The van der Waals surface area contributed by atoms with Crippen LogP contribution in [0, 0.1) is 6.92 Å². The number of hydrogen-bond donors (Lipinski definition) is 0. The van der Waals surface area contributed by atoms with Crippen LogP contribution in [0.25, 0.3) is 22.0 Å². The Morgan fingerprint density at radius 3 is 2.87 bits per heavy atom. The molecule has 31 heavy (non-hydrogen) atoms. The Morgan fingerprint density at radius 1 is 1.13 bits per heavy atom. The topological polar surface area (TPSA) is 63.9 Å². The van der Waals surface area contributed by atoms with Crippen LogP contribution < -0.4 is 0 Å². The summed E-state index contributed by atoms with van der Waals surface area (Å²) < 4.78 is 1.81. The van der Waals surface area contributed by atoms with Crippen LogP contribution in [0.3, 0.4) is 0 Å². The van der Waals surface area contributed by atoms with Crippen molar-refractivity contribution in [3.05, 3.63) is 78.0 Å². The molecule has 1 atom stereocenters. The van der Waals surface area contributed by atoms with E-state index in [0.717, 1.165) is 58.4 Å². The van der Waals surface area contributed by atoms with Crippen molar-refractivity contribution >= 4 is 16.8 Å². The lowest BCUT2D eigenvalue weighted by Gasteiger charge is -2.33. The quantitative estimate of drug-likeness (QED) is 0.503. The van der Waals surface area contributed by atoms with E-state index in [1.54, 1.807) is 6.20 Å². The van der Waals surface area contributed by atoms with Gasteiger partial charge < -0.3 is 4.90 Å². The first kappa shape index (κ1) is 19.4. The smallest absolute Gasteiger partial charge is 0.254 e. The van der Waals surface area contributed by atoms with E-state index in [1.165, 1.54) is 0 Å². The Bertz CT molecular complexity index is 1260. The first-order chi connectivity index (χ1) is 15.1. The Labute approximate surface area is 181 Å². The van der Waals surface area contributed by atoms with Gasteiger partial charge in [-0.15, -0.1) is 0 Å². The molecule has 1 fully saturated rings. The van der Waals surface area contributed by atoms with Gasteiger partial charge in [0.05, 0.1) is 11.7 Å². The minimum atomic E-state index is 0.0726. The average molecular weight is 412 g/mol. The Balaban J connectivity index is 1.43. The second-order valence-electron chi connectivity index (χ2n) is 8.29. The number of aryl methyl sites for hydroxylation is 2. The zero-order valence-electron chi connectivity index (χ0n) is 17.8. The van der Waals surface area contributed by atoms with E-state index in [-0.39, 0.29) is 11.8 Å². The molecule has 0 bridgehead atoms. The third-order valence-electron chi connectivity index (χ3n) is 6.01. The molecule has 3 aromatic heterocycles. The van der Waals surface area contributed by atoms with Crippen molar-refractivity contribution in [2.75, 3.05) is 13.1 Å². The fraction of sp³-hybridized carbons (Fsp3) is 0.280. The molecule has 1 amide bonds. The highest BCUT2D eigenvalue weighted by Gasteiger charge is 2.27. The second-order valence-corrected chi connectivity index (χ2v) is 8.29. The Hall–Kier alpha value is -3.54. The number of benzene rings is 1. The van der Waals surface area contributed by atoms with Crippen molar-refractivity contribution in [1.29, 1.82) is 0 Å². The van der Waals surface area contributed by atoms with Gasteiger partial charge in [0.1, 0.15) is 0 Å². The number of carbonyl (C=O) groups excluding carboxylic acids is 1. The van der Waals surface area contributed by atoms with Crippen molar-refractivity contribution in [3.8, 4) is 11.1 Å². The largest absolute Gasteiger partial charge is 0.338 e. The monoisotopic (exact) mass is 411 g/mol. The van der Waals surface area contributed by atoms with Crippen LogP contribution in [0.5, 0.6) is 0 Å². The number of amides is 1. The molecule has 1 aliphatic rings. The van der Waals surface area contributed by atoms with Crippen molar-refractivity contribution in [2.24, 2.45) is 7.05 Å². The molecule has 1 saturated heterocycles. The van der Waals surface area contributed by atoms with Crippen molar-refractivity contribution in [3.63, 3.8) is 0 Å². The van der Waals surface area contributed by atoms with Crippen LogP contribution in [0.15, 0.2) is 61.1 Å². The second kappa shape index (κ2) is 7.95. The van der Waals surface area contributed by atoms with Gasteiger partial charge >= 0.3 is 0 Å². The van der Waals surface area contributed by atoms with Crippen molar-refractivity contribution in [2.45, 2.75) is 25.7 Å². The van der Waals surface area contributed by atoms with Crippen LogP contribution in [0.4, 0.5) is 0 Å². The van der Waals surface area contributed by atoms with Gasteiger partial charge in [-0.1, -0.05) is 12.1 Å². The summed E-state index contributed by atoms with van der Waals surface area (Å²) in [4.78, 5) is 24.6. The summed E-state index contributed by atoms with van der Waals surface area (Å²) in [6, 6.07) is 13.9. The zero-order valence-corrected chi connectivity index (χ0v) is 17.8. The van der Waals surface area contributed by atoms with E-state index < -0.39 is 0 Å². The fourth-order valence-corrected chi connectivity index (χ4v) is 4.50. The average Bonchev–Trinajstić information content (AvgIpc) is 3.24. The molecule has 0 spiro atoms. The van der Waals surface area contributed by atoms with Gasteiger partial charge in [-0.25, -0.2) is 0 Å². The first-order valence-electron chi connectivity index (χ1n) is 10.7. The third kappa shape index (κ3) is 3.81. The highest BCUT2D eigenvalue weighted by molar-refractivity contribution is 6.06. The molecule has 0 unspecified atom stereocenters. The summed E-state index contributed by atoms with van der Waals surface area (Å²) >= 11 is 0. The molecule has 6 nitrogen and oxygen atoms in total. The van der Waals surface area contributed by atoms with Crippen LogP contribution in [0.1, 0.15) is 40.5 Å². The molecule has 0 saturated carbocycles. The fourth-order valence-electron chi connectivity index (χ4n) is 4.50. The maximum Gasteiger partial charge on any atom is 0.254 e. The predicted molar refractivity (Wildman–Crippen MR) is 121 cm³/mol. The molecule has 6 heteroatoms. The number of piperidine rings is 1. The number of fused-ring (bicyclic) bond motifs is 1. The highest BCUT2D eigenvalue weighted by Crippen LogP contribution is 2.30. The summed E-state index contributed by atoms with van der Waals surface area (Å²) in [7, 11) is 1.92. The van der Waals surface area contributed by atoms with Crippen molar-refractivity contribution < 1.29 is 4.79 Å². The zero-order chi connectivity index (χ0) is 21.4. The first-order valence-corrected chi connectivity index (χ1v) is 10.7. The predicted octanol–water partition coefficient (Wildman–Crippen LogP) is 4.36. The highest BCUT2D eigenvalue weighted by atomic mass is 16.2. The number of rotatable bonds is 3. The number of carbonyl (C=O) groups is 1. The molecule has 1 aromatic carbocycles. The molecule has 4 aromatic rings. The van der Waals surface area contributed by atoms with Gasteiger partial charge in [0, 0.05) is 66.3 Å². The normalized spacial score (nSPS) is 16.6. The van der Waals surface area contributed by atoms with Crippen LogP contribution in [-0.4, -0.2) is 43.6 Å². The molecule has 1 aliphatic heterocycles. The summed E-state index contributed by atoms with van der Waals surface area (Å²) in [5, 5.41) is 5.20. The molecule has 156 valence electrons. The summed E-state index contributed by atoms with van der Waals surface area (Å²) in [5.74, 6) is 0.296. The van der Waals surface area contributed by atoms with E-state index in [1.807, 2.05) is 66.3 Å². The van der Waals surface area contributed by atoms with Gasteiger partial charge in [0.2, 0.25) is 0 Å². The van der Waals surface area contributed by atoms with E-state index in [2.05, 4.69) is 22.2 Å². The molecule has 5 rings (SSSR count). The lowest BCUT2D eigenvalue weighted by Crippen LogP contribution is -2.39. The van der Waals surface area contributed by atoms with Gasteiger partial charge in [-0.3, -0.25) is 19.4 Å². The molecule has 0 radical (unpaired) electrons. The summed E-state index contributed by atoms with van der Waals surface area (Å²) in [5.41, 5.74) is 5.82. The van der Waals surface area contributed by atoms with Crippen molar-refractivity contribution in [1.82, 2.24) is 24.6 Å². The van der Waals surface area contributed by atoms with E-state index >= 15 is 0 Å². The van der Waals surface area contributed by atoms with E-state index in [4.69, 9.17) is 4.98 Å². The number of nitrogens with zero attached hydrogens (tertiary/aromatic N) is 5. The van der Waals surface area contributed by atoms with Gasteiger partial charge in [0.25, 0.3) is 5.91 Å². The standard InChI is InChI=1S/C25H25N5O/c1-17-12-19(20-14-27-29(2)15-20)13-24(28-17)18-6-5-11-30(16-18)25(31)22-7-3-9-23-21(22)8-4-10-26-23/h3-4,7-10,12-15,18H,5-6,11,16H2,1-2H3/t18-/m1/s1. The van der Waals surface area contributed by atoms with Crippen LogP contribution in [0.2, 0.25) is 0 Å². The summed E-state index contributed by atoms with van der Waals surface area (Å²) in [6.07, 6.45) is 7.66. The Kier molecular flexibility index (Phi) is 4.98. The molecule has 0 N–H and O–H groups in total. The molecular formula is C25H25N5O. The third-order valence-corrected chi connectivity index (χ3v) is 6.01. The molecule has 4 heterocycles. The van der Waals surface area contributed by atoms with Gasteiger partial charge in [-0.2, -0.15) is 5.10 Å². The van der Waals surface area contributed by atoms with Gasteiger partial charge in [-0.05, 0) is 55.7 Å². The van der Waals surface area contributed by atoms with Gasteiger partial charge in [0.15, 0.2) is 0 Å². The van der Waals surface area contributed by atoms with Crippen LogP contribution >= 0.6 is 0 Å². The number of pyridine rings is 2. The van der Waals surface area contributed by atoms with E-state index in [9.17, 15) is 4.79 Å².